The molecule has 1 heteroatoms. The number of Topliss-reactive ketones (excluding diaryl/α,β-unsaturated/α-hetero) is 1. The highest BCUT2D eigenvalue weighted by Gasteiger charge is 1.98. The third kappa shape index (κ3) is 7.81. The topological polar surface area (TPSA) is 17.1 Å². The first kappa shape index (κ1) is 15.9. The Hall–Kier alpha value is -1.11. The molecule has 0 aliphatic rings. The summed E-state index contributed by atoms with van der Waals surface area (Å²) in [5, 5.41) is 0. The van der Waals surface area contributed by atoms with Gasteiger partial charge in [-0.05, 0) is 37.3 Å². The smallest absolute Gasteiger partial charge is 0.130 e. The quantitative estimate of drug-likeness (QED) is 0.534. The number of unbranched alkanes of at least 4 members (excludes halogenated alkanes) is 5. The maximum absolute atomic E-state index is 10.9. The Kier molecular flexibility index (Phi) is 8.20. The molecule has 0 heterocycles. The zero-order valence-electron chi connectivity index (χ0n) is 12.6. The van der Waals surface area contributed by atoms with Gasteiger partial charge in [-0.3, -0.25) is 0 Å². The van der Waals surface area contributed by atoms with Gasteiger partial charge in [0.2, 0.25) is 0 Å². The van der Waals surface area contributed by atoms with Crippen molar-refractivity contribution in [2.24, 2.45) is 0 Å². The van der Waals surface area contributed by atoms with Gasteiger partial charge in [0.1, 0.15) is 5.78 Å². The van der Waals surface area contributed by atoms with Crippen LogP contribution in [0.25, 0.3) is 0 Å². The largest absolute Gasteiger partial charge is 0.300 e. The fourth-order valence-corrected chi connectivity index (χ4v) is 2.30. The van der Waals surface area contributed by atoms with Crippen LogP contribution < -0.4 is 0 Å². The standard InChI is InChI=1S/C18H28O/c1-3-4-5-6-7-8-9-17-12-14-18(15-13-17)11-10-16(2)19/h12-15H,3-11H2,1-2H3. The maximum atomic E-state index is 10.9. The number of aryl methyl sites for hydroxylation is 2. The fourth-order valence-electron chi connectivity index (χ4n) is 2.30. The predicted octanol–water partition coefficient (Wildman–Crippen LogP) is 5.11. The van der Waals surface area contributed by atoms with E-state index in [9.17, 15) is 4.79 Å². The van der Waals surface area contributed by atoms with E-state index in [1.165, 1.54) is 56.1 Å². The summed E-state index contributed by atoms with van der Waals surface area (Å²) in [7, 11) is 0. The van der Waals surface area contributed by atoms with E-state index in [0.29, 0.717) is 6.42 Å². The Morgan fingerprint density at radius 2 is 1.37 bits per heavy atom. The monoisotopic (exact) mass is 260 g/mol. The molecule has 0 radical (unpaired) electrons. The number of ketones is 1. The third-order valence-electron chi connectivity index (χ3n) is 3.61. The Morgan fingerprint density at radius 1 is 0.842 bits per heavy atom. The number of hydrogen-bond donors (Lipinski definition) is 0. The lowest BCUT2D eigenvalue weighted by molar-refractivity contribution is -0.116. The van der Waals surface area contributed by atoms with E-state index in [-0.39, 0.29) is 5.78 Å². The first-order valence-electron chi connectivity index (χ1n) is 7.79. The van der Waals surface area contributed by atoms with Gasteiger partial charge >= 0.3 is 0 Å². The highest BCUT2D eigenvalue weighted by molar-refractivity contribution is 5.75. The summed E-state index contributed by atoms with van der Waals surface area (Å²) in [5.41, 5.74) is 2.71. The summed E-state index contributed by atoms with van der Waals surface area (Å²) in [4.78, 5) is 10.9. The van der Waals surface area contributed by atoms with Gasteiger partial charge in [-0.2, -0.15) is 0 Å². The van der Waals surface area contributed by atoms with Crippen LogP contribution >= 0.6 is 0 Å². The van der Waals surface area contributed by atoms with E-state index in [1.807, 2.05) is 0 Å². The number of carbonyl (C=O) groups is 1. The predicted molar refractivity (Wildman–Crippen MR) is 82.5 cm³/mol. The molecule has 1 aromatic rings. The van der Waals surface area contributed by atoms with E-state index in [2.05, 4.69) is 31.2 Å². The van der Waals surface area contributed by atoms with Gasteiger partial charge in [-0.25, -0.2) is 0 Å². The van der Waals surface area contributed by atoms with Gasteiger partial charge in [0.15, 0.2) is 0 Å². The first-order valence-corrected chi connectivity index (χ1v) is 7.79. The van der Waals surface area contributed by atoms with Crippen molar-refractivity contribution in [1.82, 2.24) is 0 Å². The highest BCUT2D eigenvalue weighted by atomic mass is 16.1. The van der Waals surface area contributed by atoms with Crippen molar-refractivity contribution in [3.63, 3.8) is 0 Å². The van der Waals surface area contributed by atoms with Gasteiger partial charge in [-0.15, -0.1) is 0 Å². The molecule has 0 saturated heterocycles. The van der Waals surface area contributed by atoms with Crippen LogP contribution in [0.15, 0.2) is 24.3 Å². The second kappa shape index (κ2) is 9.77. The molecule has 0 aliphatic heterocycles. The minimum absolute atomic E-state index is 0.274. The minimum atomic E-state index is 0.274. The third-order valence-corrected chi connectivity index (χ3v) is 3.61. The number of hydrogen-bond acceptors (Lipinski definition) is 1. The second-order valence-corrected chi connectivity index (χ2v) is 5.54. The van der Waals surface area contributed by atoms with Gasteiger partial charge in [0, 0.05) is 6.42 Å². The number of rotatable bonds is 10. The molecule has 19 heavy (non-hydrogen) atoms. The fraction of sp³-hybridized carbons (Fsp3) is 0.611. The lowest BCUT2D eigenvalue weighted by atomic mass is 10.0. The summed E-state index contributed by atoms with van der Waals surface area (Å²) in [6, 6.07) is 8.80. The first-order chi connectivity index (χ1) is 9.22. The SMILES string of the molecule is CCCCCCCCc1ccc(CCC(C)=O)cc1. The molecule has 0 spiro atoms. The van der Waals surface area contributed by atoms with Crippen LogP contribution in [0.1, 0.15) is 69.9 Å². The number of benzene rings is 1. The summed E-state index contributed by atoms with van der Waals surface area (Å²) < 4.78 is 0. The number of carbonyl (C=O) groups excluding carboxylic acids is 1. The Morgan fingerprint density at radius 3 is 1.95 bits per heavy atom. The van der Waals surface area contributed by atoms with Crippen molar-refractivity contribution in [2.75, 3.05) is 0 Å². The zero-order valence-corrected chi connectivity index (χ0v) is 12.6. The molecule has 0 unspecified atom stereocenters. The minimum Gasteiger partial charge on any atom is -0.300 e. The van der Waals surface area contributed by atoms with Crippen molar-refractivity contribution in [2.45, 2.75) is 71.6 Å². The van der Waals surface area contributed by atoms with Gasteiger partial charge in [0.25, 0.3) is 0 Å². The van der Waals surface area contributed by atoms with Crippen molar-refractivity contribution in [1.29, 1.82) is 0 Å². The van der Waals surface area contributed by atoms with Gasteiger partial charge in [0.05, 0.1) is 0 Å². The Labute approximate surface area is 118 Å². The maximum Gasteiger partial charge on any atom is 0.130 e. The van der Waals surface area contributed by atoms with Gasteiger partial charge < -0.3 is 4.79 Å². The van der Waals surface area contributed by atoms with Crippen LogP contribution in [-0.4, -0.2) is 5.78 Å². The molecule has 0 fully saturated rings. The molecule has 0 bridgehead atoms. The molecule has 0 aromatic heterocycles. The van der Waals surface area contributed by atoms with E-state index in [0.717, 1.165) is 6.42 Å². The van der Waals surface area contributed by atoms with E-state index >= 15 is 0 Å². The highest BCUT2D eigenvalue weighted by Crippen LogP contribution is 2.12. The van der Waals surface area contributed by atoms with Crippen LogP contribution in [-0.2, 0) is 17.6 Å². The Balaban J connectivity index is 2.19. The summed E-state index contributed by atoms with van der Waals surface area (Å²) >= 11 is 0. The summed E-state index contributed by atoms with van der Waals surface area (Å²) in [6.45, 7) is 3.92. The molecular weight excluding hydrogens is 232 g/mol. The average molecular weight is 260 g/mol. The molecular formula is C18H28O. The normalized spacial score (nSPS) is 10.6. The van der Waals surface area contributed by atoms with Crippen molar-refractivity contribution >= 4 is 5.78 Å². The van der Waals surface area contributed by atoms with Crippen LogP contribution in [0.4, 0.5) is 0 Å². The molecule has 0 aliphatic carbocycles. The van der Waals surface area contributed by atoms with Crippen molar-refractivity contribution in [3.8, 4) is 0 Å². The van der Waals surface area contributed by atoms with Crippen molar-refractivity contribution in [3.05, 3.63) is 35.4 Å². The molecule has 0 amide bonds. The van der Waals surface area contributed by atoms with E-state index < -0.39 is 0 Å². The lowest BCUT2D eigenvalue weighted by Gasteiger charge is -2.04. The molecule has 0 saturated carbocycles. The van der Waals surface area contributed by atoms with E-state index in [1.54, 1.807) is 6.92 Å². The summed E-state index contributed by atoms with van der Waals surface area (Å²) in [5.74, 6) is 0.274. The second-order valence-electron chi connectivity index (χ2n) is 5.54. The lowest BCUT2D eigenvalue weighted by Crippen LogP contribution is -1.94. The summed E-state index contributed by atoms with van der Waals surface area (Å²) in [6.07, 6.45) is 10.9. The van der Waals surface area contributed by atoms with Crippen LogP contribution in [0.2, 0.25) is 0 Å². The zero-order chi connectivity index (χ0) is 13.9. The molecule has 1 nitrogen and oxygen atoms in total. The molecule has 0 atom stereocenters. The molecule has 1 rings (SSSR count). The van der Waals surface area contributed by atoms with Gasteiger partial charge in [-0.1, -0.05) is 63.3 Å². The molecule has 1 aromatic carbocycles. The van der Waals surface area contributed by atoms with Crippen LogP contribution in [0.3, 0.4) is 0 Å². The molecule has 0 N–H and O–H groups in total. The van der Waals surface area contributed by atoms with Crippen LogP contribution in [0.5, 0.6) is 0 Å². The Bertz CT molecular complexity index is 350. The van der Waals surface area contributed by atoms with E-state index in [4.69, 9.17) is 0 Å². The average Bonchev–Trinajstić information content (AvgIpc) is 2.41. The van der Waals surface area contributed by atoms with Crippen molar-refractivity contribution < 1.29 is 4.79 Å². The van der Waals surface area contributed by atoms with Crippen LogP contribution in [0, 0.1) is 0 Å². The molecule has 106 valence electrons.